The van der Waals surface area contributed by atoms with Crippen molar-refractivity contribution in [1.29, 1.82) is 0 Å². The minimum Gasteiger partial charge on any atom is -0.494 e. The first-order valence-electron chi connectivity index (χ1n) is 4.86. The minimum absolute atomic E-state index is 0.845. The topological polar surface area (TPSA) is 21.6 Å². The van der Waals surface area contributed by atoms with Gasteiger partial charge in [0.2, 0.25) is 0 Å². The molecule has 0 saturated carbocycles. The molecule has 0 aliphatic carbocycles. The van der Waals surface area contributed by atoms with Gasteiger partial charge in [0.15, 0.2) is 0 Å². The van der Waals surface area contributed by atoms with Crippen LogP contribution in [0.4, 0.5) is 5.69 Å². The molecule has 0 radical (unpaired) electrons. The second kappa shape index (κ2) is 4.80. The molecule has 0 N–H and O–H groups in total. The number of methoxy groups -OCH3 is 1. The number of aryl methyl sites for hydroxylation is 1. The molecule has 0 unspecified atom stereocenters. The van der Waals surface area contributed by atoms with Gasteiger partial charge in [0.05, 0.1) is 7.11 Å². The van der Waals surface area contributed by atoms with Crippen LogP contribution in [0, 0.1) is 6.92 Å². The van der Waals surface area contributed by atoms with Gasteiger partial charge in [-0.25, -0.2) is 0 Å². The van der Waals surface area contributed by atoms with Crippen molar-refractivity contribution in [2.75, 3.05) is 7.11 Å². The van der Waals surface area contributed by atoms with Gasteiger partial charge in [0, 0.05) is 5.71 Å². The van der Waals surface area contributed by atoms with Crippen LogP contribution in [-0.4, -0.2) is 12.8 Å². The molecule has 14 heavy (non-hydrogen) atoms. The van der Waals surface area contributed by atoms with Crippen LogP contribution in [0.25, 0.3) is 0 Å². The molecule has 0 aromatic heterocycles. The zero-order valence-electron chi connectivity index (χ0n) is 9.29. The van der Waals surface area contributed by atoms with Crippen molar-refractivity contribution in [2.24, 2.45) is 4.99 Å². The predicted octanol–water partition coefficient (Wildman–Crippen LogP) is 3.51. The summed E-state index contributed by atoms with van der Waals surface area (Å²) in [5, 5.41) is 0. The van der Waals surface area contributed by atoms with Crippen LogP contribution in [0.5, 0.6) is 5.75 Å². The Morgan fingerprint density at radius 2 is 2.14 bits per heavy atom. The van der Waals surface area contributed by atoms with Crippen molar-refractivity contribution in [3.05, 3.63) is 23.8 Å². The van der Waals surface area contributed by atoms with E-state index in [4.69, 9.17) is 4.74 Å². The maximum Gasteiger partial charge on any atom is 0.144 e. The Kier molecular flexibility index (Phi) is 3.69. The van der Waals surface area contributed by atoms with Crippen molar-refractivity contribution >= 4 is 11.4 Å². The van der Waals surface area contributed by atoms with Crippen molar-refractivity contribution in [3.63, 3.8) is 0 Å². The van der Waals surface area contributed by atoms with Crippen LogP contribution < -0.4 is 4.74 Å². The van der Waals surface area contributed by atoms with Crippen molar-refractivity contribution in [1.82, 2.24) is 0 Å². The zero-order chi connectivity index (χ0) is 10.6. The fraction of sp³-hybridized carbons (Fsp3) is 0.417. The summed E-state index contributed by atoms with van der Waals surface area (Å²) in [7, 11) is 1.68. The van der Waals surface area contributed by atoms with E-state index in [0.717, 1.165) is 29.1 Å². The summed E-state index contributed by atoms with van der Waals surface area (Å²) in [5.41, 5.74) is 3.23. The van der Waals surface area contributed by atoms with Crippen LogP contribution in [0.1, 0.15) is 25.8 Å². The lowest BCUT2D eigenvalue weighted by Gasteiger charge is -2.07. The summed E-state index contributed by atoms with van der Waals surface area (Å²) in [6.45, 7) is 6.18. The number of nitrogens with zero attached hydrogens (tertiary/aromatic N) is 1. The molecule has 1 aromatic carbocycles. The number of para-hydroxylation sites is 1. The molecule has 0 aliphatic heterocycles. The molecule has 0 amide bonds. The minimum atomic E-state index is 0.845. The Morgan fingerprint density at radius 3 is 2.71 bits per heavy atom. The predicted molar refractivity (Wildman–Crippen MR) is 60.8 cm³/mol. The number of hydrogen-bond donors (Lipinski definition) is 0. The highest BCUT2D eigenvalue weighted by Crippen LogP contribution is 2.30. The van der Waals surface area contributed by atoms with Gasteiger partial charge in [0.25, 0.3) is 0 Å². The smallest absolute Gasteiger partial charge is 0.144 e. The third-order valence-electron chi connectivity index (χ3n) is 2.23. The average Bonchev–Trinajstić information content (AvgIpc) is 2.20. The maximum atomic E-state index is 5.26. The highest BCUT2D eigenvalue weighted by molar-refractivity contribution is 5.85. The normalized spacial score (nSPS) is 11.6. The molecule has 0 spiro atoms. The van der Waals surface area contributed by atoms with Gasteiger partial charge in [-0.1, -0.05) is 19.1 Å². The van der Waals surface area contributed by atoms with E-state index >= 15 is 0 Å². The highest BCUT2D eigenvalue weighted by Gasteiger charge is 2.03. The number of ether oxygens (including phenoxy) is 1. The number of rotatable bonds is 3. The van der Waals surface area contributed by atoms with Gasteiger partial charge in [-0.3, -0.25) is 4.99 Å². The van der Waals surface area contributed by atoms with Gasteiger partial charge in [0.1, 0.15) is 11.4 Å². The summed E-state index contributed by atoms with van der Waals surface area (Å²) in [6, 6.07) is 5.97. The van der Waals surface area contributed by atoms with Crippen LogP contribution in [0.2, 0.25) is 0 Å². The SMILES string of the molecule is CCC(C)=Nc1c(C)cccc1OC. The fourth-order valence-electron chi connectivity index (χ4n) is 1.21. The highest BCUT2D eigenvalue weighted by atomic mass is 16.5. The molecular formula is C12H17NO. The summed E-state index contributed by atoms with van der Waals surface area (Å²) < 4.78 is 5.26. The van der Waals surface area contributed by atoms with Crippen LogP contribution in [0.15, 0.2) is 23.2 Å². The summed E-state index contributed by atoms with van der Waals surface area (Å²) in [4.78, 5) is 4.54. The first-order chi connectivity index (χ1) is 6.69. The summed E-state index contributed by atoms with van der Waals surface area (Å²) in [5.74, 6) is 0.845. The Hall–Kier alpha value is -1.31. The number of hydrogen-bond acceptors (Lipinski definition) is 2. The Morgan fingerprint density at radius 1 is 1.43 bits per heavy atom. The molecule has 0 aliphatic rings. The van der Waals surface area contributed by atoms with Gasteiger partial charge < -0.3 is 4.74 Å². The second-order valence-electron chi connectivity index (χ2n) is 3.33. The van der Waals surface area contributed by atoms with E-state index in [1.165, 1.54) is 0 Å². The first kappa shape index (κ1) is 10.8. The van der Waals surface area contributed by atoms with Gasteiger partial charge in [-0.15, -0.1) is 0 Å². The molecule has 0 bridgehead atoms. The molecule has 1 aromatic rings. The lowest BCUT2D eigenvalue weighted by Crippen LogP contribution is -1.90. The summed E-state index contributed by atoms with van der Waals surface area (Å²) >= 11 is 0. The van der Waals surface area contributed by atoms with Crippen molar-refractivity contribution < 1.29 is 4.74 Å². The number of benzene rings is 1. The van der Waals surface area contributed by atoms with Crippen LogP contribution in [0.3, 0.4) is 0 Å². The molecular weight excluding hydrogens is 174 g/mol. The van der Waals surface area contributed by atoms with Crippen molar-refractivity contribution in [3.8, 4) is 5.75 Å². The van der Waals surface area contributed by atoms with E-state index in [-0.39, 0.29) is 0 Å². The van der Waals surface area contributed by atoms with Gasteiger partial charge in [-0.2, -0.15) is 0 Å². The largest absolute Gasteiger partial charge is 0.494 e. The van der Waals surface area contributed by atoms with E-state index in [1.54, 1.807) is 7.11 Å². The van der Waals surface area contributed by atoms with Gasteiger partial charge >= 0.3 is 0 Å². The molecule has 0 saturated heterocycles. The molecule has 0 atom stereocenters. The average molecular weight is 191 g/mol. The van der Waals surface area contributed by atoms with Gasteiger partial charge in [-0.05, 0) is 31.9 Å². The van der Waals surface area contributed by atoms with Crippen LogP contribution >= 0.6 is 0 Å². The second-order valence-corrected chi connectivity index (χ2v) is 3.33. The number of aliphatic imine (C=N–C) groups is 1. The molecule has 76 valence electrons. The lowest BCUT2D eigenvalue weighted by molar-refractivity contribution is 0.416. The Labute approximate surface area is 85.6 Å². The standard InChI is InChI=1S/C12H17NO/c1-5-10(3)13-12-9(2)7-6-8-11(12)14-4/h6-8H,5H2,1-4H3. The van der Waals surface area contributed by atoms with E-state index in [0.29, 0.717) is 0 Å². The fourth-order valence-corrected chi connectivity index (χ4v) is 1.21. The Bertz CT molecular complexity index is 342. The van der Waals surface area contributed by atoms with E-state index in [9.17, 15) is 0 Å². The van der Waals surface area contributed by atoms with Crippen molar-refractivity contribution in [2.45, 2.75) is 27.2 Å². The third kappa shape index (κ3) is 2.34. The quantitative estimate of drug-likeness (QED) is 0.670. The Balaban J connectivity index is 3.17. The molecule has 0 heterocycles. The third-order valence-corrected chi connectivity index (χ3v) is 2.23. The molecule has 0 fully saturated rings. The van der Waals surface area contributed by atoms with E-state index in [1.807, 2.05) is 32.0 Å². The van der Waals surface area contributed by atoms with E-state index in [2.05, 4.69) is 11.9 Å². The molecule has 1 rings (SSSR count). The van der Waals surface area contributed by atoms with Crippen LogP contribution in [-0.2, 0) is 0 Å². The van der Waals surface area contributed by atoms with E-state index < -0.39 is 0 Å². The first-order valence-corrected chi connectivity index (χ1v) is 4.86. The summed E-state index contributed by atoms with van der Waals surface area (Å²) in [6.07, 6.45) is 0.970. The zero-order valence-corrected chi connectivity index (χ0v) is 9.29. The lowest BCUT2D eigenvalue weighted by atomic mass is 10.2. The maximum absolute atomic E-state index is 5.26. The monoisotopic (exact) mass is 191 g/mol. The molecule has 2 heteroatoms. The molecule has 2 nitrogen and oxygen atoms in total.